The molecule has 106 valence electrons. The molecule has 0 aromatic carbocycles. The third-order valence-corrected chi connectivity index (χ3v) is 3.77. The summed E-state index contributed by atoms with van der Waals surface area (Å²) in [6, 6.07) is -0.512. The molecule has 0 aromatic rings. The molecule has 2 fully saturated rings. The Labute approximate surface area is 111 Å². The van der Waals surface area contributed by atoms with E-state index in [9.17, 15) is 14.4 Å². The summed E-state index contributed by atoms with van der Waals surface area (Å²) >= 11 is 0. The van der Waals surface area contributed by atoms with Crippen molar-refractivity contribution in [2.75, 3.05) is 6.54 Å². The molecule has 6 heteroatoms. The van der Waals surface area contributed by atoms with Crippen molar-refractivity contribution < 1.29 is 19.5 Å². The molecule has 0 radical (unpaired) electrons. The van der Waals surface area contributed by atoms with Crippen LogP contribution in [0.5, 0.6) is 0 Å². The van der Waals surface area contributed by atoms with Crippen molar-refractivity contribution in [1.29, 1.82) is 0 Å². The maximum atomic E-state index is 11.5. The van der Waals surface area contributed by atoms with Gasteiger partial charge in [-0.3, -0.25) is 14.9 Å². The summed E-state index contributed by atoms with van der Waals surface area (Å²) in [5, 5.41) is 13.3. The van der Waals surface area contributed by atoms with Crippen molar-refractivity contribution >= 4 is 17.9 Å². The van der Waals surface area contributed by atoms with Crippen LogP contribution >= 0.6 is 0 Å². The molecule has 3 amide bonds. The molecule has 0 heterocycles. The van der Waals surface area contributed by atoms with Crippen molar-refractivity contribution in [2.24, 2.45) is 17.8 Å². The third-order valence-electron chi connectivity index (χ3n) is 3.77. The Bertz CT molecular complexity index is 363. The van der Waals surface area contributed by atoms with Crippen LogP contribution in [0.4, 0.5) is 4.79 Å². The molecule has 0 spiro atoms. The number of carboxylic acids is 1. The maximum absolute atomic E-state index is 11.5. The summed E-state index contributed by atoms with van der Waals surface area (Å²) in [5.41, 5.74) is 0. The molecule has 2 aliphatic rings. The zero-order valence-corrected chi connectivity index (χ0v) is 10.9. The molecule has 6 nitrogen and oxygen atoms in total. The monoisotopic (exact) mass is 268 g/mol. The van der Waals surface area contributed by atoms with Gasteiger partial charge < -0.3 is 10.4 Å². The number of nitrogens with one attached hydrogen (secondary N) is 2. The van der Waals surface area contributed by atoms with Gasteiger partial charge in [-0.05, 0) is 43.4 Å². The number of carboxylic acid groups (broad SMARTS) is 1. The SMILES string of the molecule is O=C(O)CCC(=O)NC(=O)NCC(C1CC1)C1CC1. The van der Waals surface area contributed by atoms with Crippen molar-refractivity contribution in [2.45, 2.75) is 38.5 Å². The Balaban J connectivity index is 1.63. The summed E-state index contributed by atoms with van der Waals surface area (Å²) < 4.78 is 0. The minimum Gasteiger partial charge on any atom is -0.481 e. The fourth-order valence-corrected chi connectivity index (χ4v) is 2.43. The lowest BCUT2D eigenvalue weighted by Crippen LogP contribution is -2.42. The fourth-order valence-electron chi connectivity index (χ4n) is 2.43. The van der Waals surface area contributed by atoms with Gasteiger partial charge in [-0.2, -0.15) is 0 Å². The van der Waals surface area contributed by atoms with Crippen LogP contribution in [0.15, 0.2) is 0 Å². The lowest BCUT2D eigenvalue weighted by Gasteiger charge is -2.16. The Morgan fingerprint density at radius 3 is 2.11 bits per heavy atom. The minimum atomic E-state index is -1.04. The molecule has 0 aromatic heterocycles. The number of rotatable bonds is 7. The number of hydrogen-bond acceptors (Lipinski definition) is 3. The molecule has 2 saturated carbocycles. The van der Waals surface area contributed by atoms with Crippen LogP contribution < -0.4 is 10.6 Å². The van der Waals surface area contributed by atoms with Crippen LogP contribution in [0.3, 0.4) is 0 Å². The van der Waals surface area contributed by atoms with Crippen LogP contribution in [0.1, 0.15) is 38.5 Å². The first-order valence-electron chi connectivity index (χ1n) is 6.85. The summed E-state index contributed by atoms with van der Waals surface area (Å²) in [6.07, 6.45) is 4.58. The highest BCUT2D eigenvalue weighted by molar-refractivity contribution is 5.95. The van der Waals surface area contributed by atoms with Gasteiger partial charge in [0.15, 0.2) is 0 Å². The number of aliphatic carboxylic acids is 1. The van der Waals surface area contributed by atoms with E-state index in [2.05, 4.69) is 10.6 Å². The molecule has 0 unspecified atom stereocenters. The summed E-state index contributed by atoms with van der Waals surface area (Å²) in [4.78, 5) is 33.0. The molecule has 3 N–H and O–H groups in total. The molecule has 0 saturated heterocycles. The first kappa shape index (κ1) is 13.8. The van der Waals surface area contributed by atoms with Gasteiger partial charge >= 0.3 is 12.0 Å². The number of urea groups is 1. The van der Waals surface area contributed by atoms with E-state index in [4.69, 9.17) is 5.11 Å². The molecule has 0 bridgehead atoms. The van der Waals surface area contributed by atoms with E-state index >= 15 is 0 Å². The molecular weight excluding hydrogens is 248 g/mol. The molecule has 2 rings (SSSR count). The predicted molar refractivity (Wildman–Crippen MR) is 67.3 cm³/mol. The number of hydrogen-bond donors (Lipinski definition) is 3. The smallest absolute Gasteiger partial charge is 0.321 e. The second-order valence-electron chi connectivity index (χ2n) is 5.49. The lowest BCUT2D eigenvalue weighted by molar-refractivity contribution is -0.138. The standard InChI is InChI=1S/C13H20N2O4/c16-11(5-6-12(17)18)15-13(19)14-7-10(8-1-2-8)9-3-4-9/h8-10H,1-7H2,(H,17,18)(H2,14,15,16,19). The van der Waals surface area contributed by atoms with Crippen LogP contribution in [-0.2, 0) is 9.59 Å². The van der Waals surface area contributed by atoms with E-state index in [1.54, 1.807) is 0 Å². The lowest BCUT2D eigenvalue weighted by atomic mass is 9.98. The molecular formula is C13H20N2O4. The summed E-state index contributed by atoms with van der Waals surface area (Å²) in [6.45, 7) is 0.618. The van der Waals surface area contributed by atoms with Gasteiger partial charge in [0, 0.05) is 13.0 Å². The Morgan fingerprint density at radius 1 is 1.05 bits per heavy atom. The van der Waals surface area contributed by atoms with E-state index in [-0.39, 0.29) is 12.8 Å². The molecule has 2 aliphatic carbocycles. The zero-order valence-electron chi connectivity index (χ0n) is 10.9. The van der Waals surface area contributed by atoms with Crippen LogP contribution in [0, 0.1) is 17.8 Å². The minimum absolute atomic E-state index is 0.169. The van der Waals surface area contributed by atoms with Gasteiger partial charge in [0.05, 0.1) is 6.42 Å². The molecule has 0 atom stereocenters. The first-order chi connectivity index (χ1) is 9.06. The number of imide groups is 1. The Morgan fingerprint density at radius 2 is 1.63 bits per heavy atom. The Kier molecular flexibility index (Phi) is 4.39. The van der Waals surface area contributed by atoms with Gasteiger partial charge in [0.2, 0.25) is 5.91 Å². The van der Waals surface area contributed by atoms with Crippen molar-refractivity contribution in [3.05, 3.63) is 0 Å². The fraction of sp³-hybridized carbons (Fsp3) is 0.769. The van der Waals surface area contributed by atoms with Gasteiger partial charge in [0.1, 0.15) is 0 Å². The zero-order chi connectivity index (χ0) is 13.8. The second-order valence-corrected chi connectivity index (χ2v) is 5.49. The summed E-state index contributed by atoms with van der Waals surface area (Å²) in [5.74, 6) is 0.457. The number of amides is 3. The largest absolute Gasteiger partial charge is 0.481 e. The van der Waals surface area contributed by atoms with Crippen molar-refractivity contribution in [3.8, 4) is 0 Å². The van der Waals surface area contributed by atoms with Crippen molar-refractivity contribution in [1.82, 2.24) is 10.6 Å². The quantitative estimate of drug-likeness (QED) is 0.644. The van der Waals surface area contributed by atoms with E-state index in [1.807, 2.05) is 0 Å². The third kappa shape index (κ3) is 4.89. The van der Waals surface area contributed by atoms with E-state index in [1.165, 1.54) is 25.7 Å². The highest BCUT2D eigenvalue weighted by Crippen LogP contribution is 2.48. The van der Waals surface area contributed by atoms with Crippen LogP contribution in [0.2, 0.25) is 0 Å². The van der Waals surface area contributed by atoms with E-state index in [0.29, 0.717) is 12.5 Å². The van der Waals surface area contributed by atoms with Gasteiger partial charge in [-0.25, -0.2) is 4.79 Å². The number of carbonyl (C=O) groups is 3. The average Bonchev–Trinajstić information content (AvgIpc) is 3.19. The highest BCUT2D eigenvalue weighted by Gasteiger charge is 2.41. The highest BCUT2D eigenvalue weighted by atomic mass is 16.4. The van der Waals surface area contributed by atoms with Gasteiger partial charge in [0.25, 0.3) is 0 Å². The van der Waals surface area contributed by atoms with Crippen molar-refractivity contribution in [3.63, 3.8) is 0 Å². The first-order valence-corrected chi connectivity index (χ1v) is 6.85. The summed E-state index contributed by atoms with van der Waals surface area (Å²) in [7, 11) is 0. The predicted octanol–water partition coefficient (Wildman–Crippen LogP) is 1.11. The topological polar surface area (TPSA) is 95.5 Å². The second kappa shape index (κ2) is 6.04. The van der Waals surface area contributed by atoms with Crippen LogP contribution in [-0.4, -0.2) is 29.6 Å². The average molecular weight is 268 g/mol. The van der Waals surface area contributed by atoms with E-state index < -0.39 is 17.9 Å². The van der Waals surface area contributed by atoms with Crippen LogP contribution in [0.25, 0.3) is 0 Å². The molecule has 19 heavy (non-hydrogen) atoms. The molecule has 0 aliphatic heterocycles. The number of carbonyl (C=O) groups excluding carboxylic acids is 2. The Hall–Kier alpha value is -1.59. The van der Waals surface area contributed by atoms with E-state index in [0.717, 1.165) is 11.8 Å². The maximum Gasteiger partial charge on any atom is 0.321 e. The normalized spacial score (nSPS) is 18.2. The van der Waals surface area contributed by atoms with Gasteiger partial charge in [-0.15, -0.1) is 0 Å². The van der Waals surface area contributed by atoms with Gasteiger partial charge in [-0.1, -0.05) is 0 Å².